The fraction of sp³-hybridized carbons (Fsp3) is 0.333. The van der Waals surface area contributed by atoms with Gasteiger partial charge in [0.1, 0.15) is 19.0 Å². The zero-order valence-corrected chi connectivity index (χ0v) is 18.9. The Morgan fingerprint density at radius 1 is 1.13 bits per heavy atom. The number of anilines is 1. The van der Waals surface area contributed by atoms with Gasteiger partial charge in [-0.3, -0.25) is 14.5 Å². The molecule has 0 atom stereocenters. The van der Waals surface area contributed by atoms with Gasteiger partial charge in [-0.25, -0.2) is 8.42 Å². The van der Waals surface area contributed by atoms with Crippen LogP contribution in [0.15, 0.2) is 53.4 Å². The van der Waals surface area contributed by atoms with Crippen molar-refractivity contribution in [3.05, 3.63) is 53.6 Å². The summed E-state index contributed by atoms with van der Waals surface area (Å²) in [5, 5.41) is 0.544. The van der Waals surface area contributed by atoms with Crippen LogP contribution in [0.3, 0.4) is 0 Å². The van der Waals surface area contributed by atoms with Gasteiger partial charge in [0.2, 0.25) is 21.8 Å². The second-order valence-corrected chi connectivity index (χ2v) is 9.42. The van der Waals surface area contributed by atoms with Crippen LogP contribution in [-0.4, -0.2) is 62.9 Å². The van der Waals surface area contributed by atoms with Crippen molar-refractivity contribution in [1.82, 2.24) is 9.21 Å². The average molecular weight is 466 g/mol. The van der Waals surface area contributed by atoms with Crippen molar-refractivity contribution in [3.8, 4) is 5.75 Å². The topological polar surface area (TPSA) is 87.2 Å². The Labute approximate surface area is 187 Å². The number of ether oxygens (including phenoxy) is 1. The normalized spacial score (nSPS) is 14.4. The van der Waals surface area contributed by atoms with Crippen molar-refractivity contribution in [1.29, 1.82) is 0 Å². The Balaban J connectivity index is 1.74. The molecule has 0 bridgehead atoms. The fourth-order valence-electron chi connectivity index (χ4n) is 3.24. The predicted molar refractivity (Wildman–Crippen MR) is 118 cm³/mol. The van der Waals surface area contributed by atoms with Gasteiger partial charge in [-0.05, 0) is 55.0 Å². The molecule has 10 heteroatoms. The molecule has 1 heterocycles. The van der Waals surface area contributed by atoms with Gasteiger partial charge < -0.3 is 9.64 Å². The van der Waals surface area contributed by atoms with Gasteiger partial charge in [0.25, 0.3) is 0 Å². The highest BCUT2D eigenvalue weighted by Crippen LogP contribution is 2.23. The van der Waals surface area contributed by atoms with Gasteiger partial charge in [-0.2, -0.15) is 4.31 Å². The average Bonchev–Trinajstić information content (AvgIpc) is 3.15. The van der Waals surface area contributed by atoms with Gasteiger partial charge >= 0.3 is 0 Å². The van der Waals surface area contributed by atoms with Crippen molar-refractivity contribution < 1.29 is 22.7 Å². The number of carbonyl (C=O) groups excluding carboxylic acids is 2. The summed E-state index contributed by atoms with van der Waals surface area (Å²) in [7, 11) is -2.38. The molecule has 31 heavy (non-hydrogen) atoms. The monoisotopic (exact) mass is 465 g/mol. The molecule has 1 aliphatic heterocycles. The summed E-state index contributed by atoms with van der Waals surface area (Å²) in [5.41, 5.74) is 0.626. The van der Waals surface area contributed by atoms with Crippen LogP contribution in [0.5, 0.6) is 5.75 Å². The number of hydrogen-bond acceptors (Lipinski definition) is 5. The first kappa shape index (κ1) is 23.1. The Kier molecular flexibility index (Phi) is 7.19. The standard InChI is InChI=1S/C21H24ClN3O5S/c1-3-12-24(31(28,29)19-10-8-18(30-2)9-11-19)14-20(26)23-13-21(27)25(15-23)17-6-4-16(22)5-7-17/h4-11H,3,12-15H2,1-2H3. The van der Waals surface area contributed by atoms with Crippen LogP contribution < -0.4 is 9.64 Å². The molecule has 1 fully saturated rings. The molecule has 2 aromatic rings. The van der Waals surface area contributed by atoms with Crippen LogP contribution in [0.25, 0.3) is 0 Å². The Bertz CT molecular complexity index is 1040. The van der Waals surface area contributed by atoms with Crippen molar-refractivity contribution in [3.63, 3.8) is 0 Å². The summed E-state index contributed by atoms with van der Waals surface area (Å²) >= 11 is 5.89. The molecule has 0 N–H and O–H groups in total. The minimum Gasteiger partial charge on any atom is -0.497 e. The first-order valence-corrected chi connectivity index (χ1v) is 11.6. The highest BCUT2D eigenvalue weighted by atomic mass is 35.5. The summed E-state index contributed by atoms with van der Waals surface area (Å²) < 4.78 is 32.4. The van der Waals surface area contributed by atoms with Crippen molar-refractivity contribution in [2.45, 2.75) is 18.2 Å². The first-order valence-electron chi connectivity index (χ1n) is 9.74. The molecule has 0 saturated carbocycles. The SMILES string of the molecule is CCCN(CC(=O)N1CC(=O)N(c2ccc(Cl)cc2)C1)S(=O)(=O)c1ccc(OC)cc1. The van der Waals surface area contributed by atoms with E-state index in [1.54, 1.807) is 36.4 Å². The van der Waals surface area contributed by atoms with Gasteiger partial charge in [-0.15, -0.1) is 0 Å². The summed E-state index contributed by atoms with van der Waals surface area (Å²) in [6.07, 6.45) is 0.540. The van der Waals surface area contributed by atoms with Crippen LogP contribution >= 0.6 is 11.6 Å². The van der Waals surface area contributed by atoms with Gasteiger partial charge in [0.05, 0.1) is 18.6 Å². The molecule has 0 aliphatic carbocycles. The molecule has 166 valence electrons. The Hall–Kier alpha value is -2.62. The minimum atomic E-state index is -3.88. The third kappa shape index (κ3) is 5.17. The Morgan fingerprint density at radius 3 is 2.35 bits per heavy atom. The molecule has 3 rings (SSSR count). The number of hydrogen-bond donors (Lipinski definition) is 0. The van der Waals surface area contributed by atoms with Crippen molar-refractivity contribution in [2.24, 2.45) is 0 Å². The number of methoxy groups -OCH3 is 1. The zero-order valence-electron chi connectivity index (χ0n) is 17.3. The van der Waals surface area contributed by atoms with E-state index in [9.17, 15) is 18.0 Å². The molecular weight excluding hydrogens is 442 g/mol. The van der Waals surface area contributed by atoms with Gasteiger partial charge in [0.15, 0.2) is 0 Å². The number of amides is 2. The molecule has 0 spiro atoms. The third-order valence-corrected chi connectivity index (χ3v) is 7.02. The molecule has 0 unspecified atom stereocenters. The smallest absolute Gasteiger partial charge is 0.248 e. The molecule has 1 saturated heterocycles. The van der Waals surface area contributed by atoms with Gasteiger partial charge in [-0.1, -0.05) is 18.5 Å². The number of rotatable bonds is 8. The lowest BCUT2D eigenvalue weighted by Crippen LogP contribution is -2.43. The molecular formula is C21H24ClN3O5S. The molecule has 0 aromatic heterocycles. The molecule has 8 nitrogen and oxygen atoms in total. The van der Waals surface area contributed by atoms with Crippen molar-refractivity contribution >= 4 is 39.1 Å². The highest BCUT2D eigenvalue weighted by Gasteiger charge is 2.34. The molecule has 1 aliphatic rings. The third-order valence-electron chi connectivity index (χ3n) is 4.91. The number of nitrogens with zero attached hydrogens (tertiary/aromatic N) is 3. The van der Waals surface area contributed by atoms with E-state index in [-0.39, 0.29) is 37.1 Å². The maximum Gasteiger partial charge on any atom is 0.248 e. The zero-order chi connectivity index (χ0) is 22.6. The van der Waals surface area contributed by atoms with E-state index >= 15 is 0 Å². The Morgan fingerprint density at radius 2 is 1.77 bits per heavy atom. The number of carbonyl (C=O) groups is 2. The first-order chi connectivity index (χ1) is 14.8. The van der Waals surface area contributed by atoms with E-state index in [1.807, 2.05) is 6.92 Å². The maximum absolute atomic E-state index is 13.1. The number of halogens is 1. The van der Waals surface area contributed by atoms with Crippen LogP contribution in [-0.2, 0) is 19.6 Å². The van der Waals surface area contributed by atoms with Crippen LogP contribution in [0.2, 0.25) is 5.02 Å². The molecule has 0 radical (unpaired) electrons. The molecule has 2 amide bonds. The van der Waals surface area contributed by atoms with E-state index in [0.29, 0.717) is 22.9 Å². The lowest BCUT2D eigenvalue weighted by molar-refractivity contribution is -0.131. The van der Waals surface area contributed by atoms with Gasteiger partial charge in [0, 0.05) is 17.3 Å². The highest BCUT2D eigenvalue weighted by molar-refractivity contribution is 7.89. The van der Waals surface area contributed by atoms with E-state index in [2.05, 4.69) is 0 Å². The number of sulfonamides is 1. The summed E-state index contributed by atoms with van der Waals surface area (Å²) in [5.74, 6) is -0.138. The summed E-state index contributed by atoms with van der Waals surface area (Å²) in [4.78, 5) is 28.2. The van der Waals surface area contributed by atoms with Crippen LogP contribution in [0.4, 0.5) is 5.69 Å². The second kappa shape index (κ2) is 9.67. The lowest BCUT2D eigenvalue weighted by Gasteiger charge is -2.24. The summed E-state index contributed by atoms with van der Waals surface area (Å²) in [6.45, 7) is 1.63. The summed E-state index contributed by atoms with van der Waals surface area (Å²) in [6, 6.07) is 12.7. The fourth-order valence-corrected chi connectivity index (χ4v) is 4.85. The second-order valence-electron chi connectivity index (χ2n) is 7.05. The minimum absolute atomic E-state index is 0.0574. The largest absolute Gasteiger partial charge is 0.497 e. The maximum atomic E-state index is 13.1. The van der Waals surface area contributed by atoms with E-state index in [0.717, 1.165) is 4.31 Å². The van der Waals surface area contributed by atoms with E-state index in [1.165, 1.54) is 29.0 Å². The number of benzene rings is 2. The lowest BCUT2D eigenvalue weighted by atomic mass is 10.3. The predicted octanol–water partition coefficient (Wildman–Crippen LogP) is 2.58. The van der Waals surface area contributed by atoms with Crippen molar-refractivity contribution in [2.75, 3.05) is 38.3 Å². The molecule has 2 aromatic carbocycles. The van der Waals surface area contributed by atoms with E-state index in [4.69, 9.17) is 16.3 Å². The quantitative estimate of drug-likeness (QED) is 0.598. The van der Waals surface area contributed by atoms with Crippen LogP contribution in [0, 0.1) is 0 Å². The van der Waals surface area contributed by atoms with Crippen LogP contribution in [0.1, 0.15) is 13.3 Å². The van der Waals surface area contributed by atoms with E-state index < -0.39 is 15.9 Å².